The van der Waals surface area contributed by atoms with Gasteiger partial charge in [-0.15, -0.1) is 0 Å². The molecule has 21 heavy (non-hydrogen) atoms. The Balaban J connectivity index is 2.11. The van der Waals surface area contributed by atoms with Crippen molar-refractivity contribution in [2.24, 2.45) is 0 Å². The van der Waals surface area contributed by atoms with Crippen LogP contribution in [0.3, 0.4) is 0 Å². The largest absolute Gasteiger partial charge is 0.491 e. The summed E-state index contributed by atoms with van der Waals surface area (Å²) in [6.45, 7) is 4.54. The van der Waals surface area contributed by atoms with E-state index in [0.717, 1.165) is 12.2 Å². The van der Waals surface area contributed by atoms with Crippen LogP contribution in [0.2, 0.25) is 0 Å². The lowest BCUT2D eigenvalue weighted by molar-refractivity contribution is 0.0935. The van der Waals surface area contributed by atoms with Gasteiger partial charge in [0, 0.05) is 11.3 Å². The molecule has 1 amide bonds. The molecule has 116 valence electrons. The smallest absolute Gasteiger partial charge is 0.255 e. The van der Waals surface area contributed by atoms with E-state index in [1.165, 1.54) is 12.8 Å². The predicted molar refractivity (Wildman–Crippen MR) is 89.0 cm³/mol. The van der Waals surface area contributed by atoms with Crippen LogP contribution in [-0.2, 0) is 0 Å². The van der Waals surface area contributed by atoms with Crippen molar-refractivity contribution in [1.82, 2.24) is 5.32 Å². The number of carbonyl (C=O) groups excluding carboxylic acids is 1. The van der Waals surface area contributed by atoms with Crippen molar-refractivity contribution in [3.63, 3.8) is 0 Å². The zero-order chi connectivity index (χ0) is 15.2. The van der Waals surface area contributed by atoms with Crippen molar-refractivity contribution in [1.29, 1.82) is 0 Å². The highest BCUT2D eigenvalue weighted by Crippen LogP contribution is 2.31. The Morgan fingerprint density at radius 3 is 2.95 bits per heavy atom. The van der Waals surface area contributed by atoms with Gasteiger partial charge >= 0.3 is 0 Å². The van der Waals surface area contributed by atoms with Gasteiger partial charge in [-0.1, -0.05) is 19.4 Å². The summed E-state index contributed by atoms with van der Waals surface area (Å²) in [5.41, 5.74) is 6.96. The van der Waals surface area contributed by atoms with E-state index in [0.29, 0.717) is 28.9 Å². The molecule has 1 aliphatic rings. The zero-order valence-corrected chi connectivity index (χ0v) is 13.5. The van der Waals surface area contributed by atoms with Crippen LogP contribution in [0.15, 0.2) is 18.2 Å². The van der Waals surface area contributed by atoms with Crippen molar-refractivity contribution in [2.75, 3.05) is 18.1 Å². The highest BCUT2D eigenvalue weighted by molar-refractivity contribution is 7.99. The van der Waals surface area contributed by atoms with Gasteiger partial charge in [-0.25, -0.2) is 0 Å². The second-order valence-corrected chi connectivity index (χ2v) is 6.68. The molecule has 0 bridgehead atoms. The monoisotopic (exact) mass is 308 g/mol. The minimum absolute atomic E-state index is 0.0839. The Kier molecular flexibility index (Phi) is 5.79. The molecule has 2 atom stereocenters. The number of nitrogen functional groups attached to an aromatic ring is 1. The number of nitrogens with two attached hydrogens (primary N) is 1. The van der Waals surface area contributed by atoms with E-state index in [4.69, 9.17) is 10.5 Å². The summed E-state index contributed by atoms with van der Waals surface area (Å²) >= 11 is 1.93. The second kappa shape index (κ2) is 7.59. The summed E-state index contributed by atoms with van der Waals surface area (Å²) in [5, 5.41) is 3.68. The lowest BCUT2D eigenvalue weighted by atomic mass is 10.1. The first kappa shape index (κ1) is 16.0. The van der Waals surface area contributed by atoms with Crippen LogP contribution in [0, 0.1) is 0 Å². The molecule has 0 aromatic heterocycles. The van der Waals surface area contributed by atoms with Crippen molar-refractivity contribution < 1.29 is 9.53 Å². The van der Waals surface area contributed by atoms with Gasteiger partial charge in [-0.05, 0) is 37.7 Å². The molecule has 2 rings (SSSR count). The topological polar surface area (TPSA) is 64.3 Å². The summed E-state index contributed by atoms with van der Waals surface area (Å²) in [4.78, 5) is 12.5. The number of ether oxygens (including phenoxy) is 1. The molecule has 0 radical (unpaired) electrons. The number of benzene rings is 1. The Morgan fingerprint density at radius 2 is 2.24 bits per heavy atom. The summed E-state index contributed by atoms with van der Waals surface area (Å²) in [6.07, 6.45) is 3.41. The van der Waals surface area contributed by atoms with Crippen LogP contribution in [0.5, 0.6) is 5.75 Å². The maximum atomic E-state index is 12.5. The average molecular weight is 308 g/mol. The SMILES string of the molecule is CCOc1c(N)cccc1C(=O)NC1CCCC1SCC. The van der Waals surface area contributed by atoms with E-state index in [1.807, 2.05) is 18.7 Å². The number of hydrogen-bond acceptors (Lipinski definition) is 4. The fourth-order valence-electron chi connectivity index (χ4n) is 2.79. The number of carbonyl (C=O) groups is 1. The number of para-hydroxylation sites is 1. The van der Waals surface area contributed by atoms with E-state index in [1.54, 1.807) is 18.2 Å². The van der Waals surface area contributed by atoms with Crippen molar-refractivity contribution in [2.45, 2.75) is 44.4 Å². The molecule has 0 spiro atoms. The highest BCUT2D eigenvalue weighted by atomic mass is 32.2. The average Bonchev–Trinajstić information content (AvgIpc) is 2.89. The van der Waals surface area contributed by atoms with E-state index in [2.05, 4.69) is 12.2 Å². The normalized spacial score (nSPS) is 21.2. The minimum Gasteiger partial charge on any atom is -0.491 e. The molecule has 2 unspecified atom stereocenters. The lowest BCUT2D eigenvalue weighted by Gasteiger charge is -2.21. The quantitative estimate of drug-likeness (QED) is 0.793. The molecule has 1 aromatic rings. The van der Waals surface area contributed by atoms with Gasteiger partial charge in [0.2, 0.25) is 0 Å². The standard InChI is InChI=1S/C16H24N2O2S/c1-3-20-15-11(7-5-8-12(15)17)16(19)18-13-9-6-10-14(13)21-4-2/h5,7-8,13-14H,3-4,6,9-10,17H2,1-2H3,(H,18,19). The molecule has 0 heterocycles. The summed E-state index contributed by atoms with van der Waals surface area (Å²) in [5.74, 6) is 1.49. The minimum atomic E-state index is -0.0839. The number of rotatable bonds is 6. The number of amides is 1. The van der Waals surface area contributed by atoms with Gasteiger partial charge in [0.15, 0.2) is 5.75 Å². The van der Waals surface area contributed by atoms with Crippen LogP contribution in [0.4, 0.5) is 5.69 Å². The van der Waals surface area contributed by atoms with Gasteiger partial charge in [-0.2, -0.15) is 11.8 Å². The van der Waals surface area contributed by atoms with Crippen LogP contribution in [-0.4, -0.2) is 29.6 Å². The summed E-state index contributed by atoms with van der Waals surface area (Å²) < 4.78 is 5.54. The van der Waals surface area contributed by atoms with E-state index < -0.39 is 0 Å². The first-order valence-electron chi connectivity index (χ1n) is 7.61. The van der Waals surface area contributed by atoms with E-state index in [-0.39, 0.29) is 11.9 Å². The number of anilines is 1. The van der Waals surface area contributed by atoms with Gasteiger partial charge < -0.3 is 15.8 Å². The molecule has 4 nitrogen and oxygen atoms in total. The lowest BCUT2D eigenvalue weighted by Crippen LogP contribution is -2.39. The maximum Gasteiger partial charge on any atom is 0.255 e. The number of hydrogen-bond donors (Lipinski definition) is 2. The molecule has 1 aromatic carbocycles. The van der Waals surface area contributed by atoms with E-state index in [9.17, 15) is 4.79 Å². The third-order valence-corrected chi connectivity index (χ3v) is 5.05. The van der Waals surface area contributed by atoms with Crippen molar-refractivity contribution in [3.8, 4) is 5.75 Å². The number of nitrogens with one attached hydrogen (secondary N) is 1. The molecule has 3 N–H and O–H groups in total. The first-order chi connectivity index (χ1) is 10.2. The summed E-state index contributed by atoms with van der Waals surface area (Å²) in [7, 11) is 0. The molecule has 1 fully saturated rings. The van der Waals surface area contributed by atoms with Gasteiger partial charge in [0.1, 0.15) is 0 Å². The van der Waals surface area contributed by atoms with Gasteiger partial charge in [0.25, 0.3) is 5.91 Å². The van der Waals surface area contributed by atoms with Crippen molar-refractivity contribution >= 4 is 23.4 Å². The molecule has 0 aliphatic heterocycles. The Bertz CT molecular complexity index is 493. The Morgan fingerprint density at radius 1 is 1.43 bits per heavy atom. The van der Waals surface area contributed by atoms with Gasteiger partial charge in [0.05, 0.1) is 17.9 Å². The first-order valence-corrected chi connectivity index (χ1v) is 8.66. The predicted octanol–water partition coefficient (Wildman–Crippen LogP) is 3.07. The maximum absolute atomic E-state index is 12.5. The second-order valence-electron chi connectivity index (χ2n) is 5.16. The molecule has 5 heteroatoms. The van der Waals surface area contributed by atoms with E-state index >= 15 is 0 Å². The van der Waals surface area contributed by atoms with Crippen LogP contribution >= 0.6 is 11.8 Å². The molecule has 1 aliphatic carbocycles. The van der Waals surface area contributed by atoms with Crippen LogP contribution in [0.1, 0.15) is 43.5 Å². The van der Waals surface area contributed by atoms with Gasteiger partial charge in [-0.3, -0.25) is 4.79 Å². The number of thioether (sulfide) groups is 1. The fraction of sp³-hybridized carbons (Fsp3) is 0.562. The fourth-order valence-corrected chi connectivity index (χ4v) is 3.99. The summed E-state index contributed by atoms with van der Waals surface area (Å²) in [6, 6.07) is 5.57. The van der Waals surface area contributed by atoms with Crippen LogP contribution in [0.25, 0.3) is 0 Å². The molecular formula is C16H24N2O2S. The van der Waals surface area contributed by atoms with Crippen LogP contribution < -0.4 is 15.8 Å². The highest BCUT2D eigenvalue weighted by Gasteiger charge is 2.29. The Hall–Kier alpha value is -1.36. The zero-order valence-electron chi connectivity index (χ0n) is 12.7. The molecular weight excluding hydrogens is 284 g/mol. The molecule has 0 saturated heterocycles. The van der Waals surface area contributed by atoms with Crippen molar-refractivity contribution in [3.05, 3.63) is 23.8 Å². The molecule has 1 saturated carbocycles. The third kappa shape index (κ3) is 3.84. The third-order valence-electron chi connectivity index (χ3n) is 3.73. The Labute approximate surface area is 130 Å².